The Bertz CT molecular complexity index is 373. The summed E-state index contributed by atoms with van der Waals surface area (Å²) in [6.45, 7) is 2.90. The first kappa shape index (κ1) is 15.3. The molecule has 1 atom stereocenters. The van der Waals surface area contributed by atoms with Crippen LogP contribution in [0.1, 0.15) is 12.0 Å². The Labute approximate surface area is 119 Å². The van der Waals surface area contributed by atoms with Crippen LogP contribution in [0.15, 0.2) is 30.3 Å². The Kier molecular flexibility index (Phi) is 6.47. The lowest BCUT2D eigenvalue weighted by atomic mass is 10.2. The molecule has 1 N–H and O–H groups in total. The van der Waals surface area contributed by atoms with Gasteiger partial charge in [0.05, 0.1) is 0 Å². The highest BCUT2D eigenvalue weighted by Crippen LogP contribution is 2.13. The topological polar surface area (TPSA) is 32.3 Å². The summed E-state index contributed by atoms with van der Waals surface area (Å²) in [4.78, 5) is 13.5. The van der Waals surface area contributed by atoms with Crippen molar-refractivity contribution in [1.29, 1.82) is 0 Å². The van der Waals surface area contributed by atoms with Gasteiger partial charge in [-0.3, -0.25) is 9.69 Å². The molecular weight excluding hydrogens is 271 g/mol. The van der Waals surface area contributed by atoms with Gasteiger partial charge in [0.1, 0.15) is 5.88 Å². The van der Waals surface area contributed by atoms with E-state index < -0.39 is 0 Å². The molecule has 0 aromatic heterocycles. The Morgan fingerprint density at radius 3 is 2.78 bits per heavy atom. The highest BCUT2D eigenvalue weighted by atomic mass is 35.5. The SMILES string of the molecule is Cl.O=C(CCl)NC1CCN(Cc2ccccc2)C1. The fraction of sp³-hybridized carbons (Fsp3) is 0.462. The molecule has 1 aliphatic rings. The maximum Gasteiger partial charge on any atom is 0.235 e. The van der Waals surface area contributed by atoms with Crippen molar-refractivity contribution < 1.29 is 4.79 Å². The summed E-state index contributed by atoms with van der Waals surface area (Å²) < 4.78 is 0. The van der Waals surface area contributed by atoms with Crippen LogP contribution in [-0.4, -0.2) is 35.8 Å². The average molecular weight is 289 g/mol. The van der Waals surface area contributed by atoms with E-state index in [4.69, 9.17) is 11.6 Å². The summed E-state index contributed by atoms with van der Waals surface area (Å²) in [7, 11) is 0. The van der Waals surface area contributed by atoms with Crippen molar-refractivity contribution in [3.05, 3.63) is 35.9 Å². The van der Waals surface area contributed by atoms with Crippen LogP contribution >= 0.6 is 24.0 Å². The van der Waals surface area contributed by atoms with Gasteiger partial charge in [-0.15, -0.1) is 24.0 Å². The van der Waals surface area contributed by atoms with Gasteiger partial charge in [-0.2, -0.15) is 0 Å². The van der Waals surface area contributed by atoms with Gasteiger partial charge in [0.25, 0.3) is 0 Å². The minimum Gasteiger partial charge on any atom is -0.351 e. The van der Waals surface area contributed by atoms with Crippen molar-refractivity contribution in [2.45, 2.75) is 19.0 Å². The largest absolute Gasteiger partial charge is 0.351 e. The molecule has 2 rings (SSSR count). The third-order valence-electron chi connectivity index (χ3n) is 3.01. The standard InChI is InChI=1S/C13H17ClN2O.ClH/c14-8-13(17)15-12-6-7-16(10-12)9-11-4-2-1-3-5-11;/h1-5,12H,6-10H2,(H,15,17);1H. The lowest BCUT2D eigenvalue weighted by Gasteiger charge is -2.16. The minimum absolute atomic E-state index is 0. The number of nitrogens with one attached hydrogen (secondary N) is 1. The van der Waals surface area contributed by atoms with Gasteiger partial charge < -0.3 is 5.32 Å². The molecule has 1 amide bonds. The lowest BCUT2D eigenvalue weighted by molar-refractivity contribution is -0.119. The zero-order chi connectivity index (χ0) is 12.1. The predicted molar refractivity (Wildman–Crippen MR) is 76.2 cm³/mol. The maximum absolute atomic E-state index is 11.2. The Balaban J connectivity index is 0.00000162. The van der Waals surface area contributed by atoms with E-state index in [9.17, 15) is 4.79 Å². The van der Waals surface area contributed by atoms with Crippen LogP contribution in [0.2, 0.25) is 0 Å². The van der Waals surface area contributed by atoms with Crippen molar-refractivity contribution in [2.75, 3.05) is 19.0 Å². The monoisotopic (exact) mass is 288 g/mol. The molecule has 1 aromatic rings. The van der Waals surface area contributed by atoms with Gasteiger partial charge >= 0.3 is 0 Å². The van der Waals surface area contributed by atoms with Gasteiger partial charge in [0.15, 0.2) is 0 Å². The van der Waals surface area contributed by atoms with Crippen LogP contribution in [0.4, 0.5) is 0 Å². The van der Waals surface area contributed by atoms with Crippen LogP contribution in [0.5, 0.6) is 0 Å². The van der Waals surface area contributed by atoms with Crippen LogP contribution in [-0.2, 0) is 11.3 Å². The van der Waals surface area contributed by atoms with E-state index in [2.05, 4.69) is 34.5 Å². The highest BCUT2D eigenvalue weighted by Gasteiger charge is 2.23. The molecule has 3 nitrogen and oxygen atoms in total. The molecule has 18 heavy (non-hydrogen) atoms. The summed E-state index contributed by atoms with van der Waals surface area (Å²) >= 11 is 5.47. The predicted octanol–water partition coefficient (Wildman–Crippen LogP) is 2.04. The van der Waals surface area contributed by atoms with E-state index in [-0.39, 0.29) is 30.2 Å². The molecule has 0 spiro atoms. The molecule has 0 saturated carbocycles. The first-order chi connectivity index (χ1) is 8.28. The van der Waals surface area contributed by atoms with Crippen LogP contribution in [0.25, 0.3) is 0 Å². The number of carbonyl (C=O) groups excluding carboxylic acids is 1. The van der Waals surface area contributed by atoms with Crippen LogP contribution < -0.4 is 5.32 Å². The second-order valence-corrected chi connectivity index (χ2v) is 4.67. The highest BCUT2D eigenvalue weighted by molar-refractivity contribution is 6.27. The number of rotatable bonds is 4. The summed E-state index contributed by atoms with van der Waals surface area (Å²) in [6, 6.07) is 10.6. The molecule has 5 heteroatoms. The number of hydrogen-bond acceptors (Lipinski definition) is 2. The van der Waals surface area contributed by atoms with Crippen molar-refractivity contribution >= 4 is 29.9 Å². The van der Waals surface area contributed by atoms with E-state index in [1.807, 2.05) is 6.07 Å². The summed E-state index contributed by atoms with van der Waals surface area (Å²) in [5.74, 6) is -0.0203. The second kappa shape index (κ2) is 7.62. The quantitative estimate of drug-likeness (QED) is 0.860. The molecule has 1 fully saturated rings. The molecule has 1 aliphatic heterocycles. The normalized spacial score (nSPS) is 19.3. The molecule has 100 valence electrons. The number of amides is 1. The summed E-state index contributed by atoms with van der Waals surface area (Å²) in [6.07, 6.45) is 1.01. The molecule has 1 aromatic carbocycles. The molecule has 0 aliphatic carbocycles. The Hall–Kier alpha value is -0.770. The van der Waals surface area contributed by atoms with Crippen molar-refractivity contribution in [3.8, 4) is 0 Å². The van der Waals surface area contributed by atoms with Crippen molar-refractivity contribution in [3.63, 3.8) is 0 Å². The zero-order valence-corrected chi connectivity index (χ0v) is 11.7. The van der Waals surface area contributed by atoms with E-state index in [0.717, 1.165) is 26.1 Å². The Morgan fingerprint density at radius 2 is 2.11 bits per heavy atom. The zero-order valence-electron chi connectivity index (χ0n) is 10.1. The minimum atomic E-state index is -0.0711. The molecule has 1 saturated heterocycles. The summed E-state index contributed by atoms with van der Waals surface area (Å²) in [5, 5.41) is 2.93. The van der Waals surface area contributed by atoms with Gasteiger partial charge in [-0.05, 0) is 12.0 Å². The third kappa shape index (κ3) is 4.48. The number of halogens is 2. The van der Waals surface area contributed by atoms with Crippen LogP contribution in [0, 0.1) is 0 Å². The Morgan fingerprint density at radius 1 is 1.39 bits per heavy atom. The van der Waals surface area contributed by atoms with Gasteiger partial charge in [-0.1, -0.05) is 30.3 Å². The molecule has 0 bridgehead atoms. The average Bonchev–Trinajstić information content (AvgIpc) is 2.77. The van der Waals surface area contributed by atoms with Crippen LogP contribution in [0.3, 0.4) is 0 Å². The van der Waals surface area contributed by atoms with Gasteiger partial charge in [0.2, 0.25) is 5.91 Å². The molecule has 1 heterocycles. The molecule has 1 unspecified atom stereocenters. The second-order valence-electron chi connectivity index (χ2n) is 4.41. The first-order valence-electron chi connectivity index (χ1n) is 5.89. The number of likely N-dealkylation sites (tertiary alicyclic amines) is 1. The van der Waals surface area contributed by atoms with Gasteiger partial charge in [-0.25, -0.2) is 0 Å². The number of alkyl halides is 1. The fourth-order valence-electron chi connectivity index (χ4n) is 2.20. The van der Waals surface area contributed by atoms with E-state index in [0.29, 0.717) is 0 Å². The smallest absolute Gasteiger partial charge is 0.235 e. The first-order valence-corrected chi connectivity index (χ1v) is 6.43. The van der Waals surface area contributed by atoms with Crippen molar-refractivity contribution in [2.24, 2.45) is 0 Å². The third-order valence-corrected chi connectivity index (χ3v) is 3.25. The van der Waals surface area contributed by atoms with E-state index >= 15 is 0 Å². The number of hydrogen-bond donors (Lipinski definition) is 1. The maximum atomic E-state index is 11.2. The van der Waals surface area contributed by atoms with E-state index in [1.54, 1.807) is 0 Å². The molecular formula is C13H18Cl2N2O. The van der Waals surface area contributed by atoms with Crippen molar-refractivity contribution in [1.82, 2.24) is 10.2 Å². The number of benzene rings is 1. The lowest BCUT2D eigenvalue weighted by Crippen LogP contribution is -2.37. The number of nitrogens with zero attached hydrogens (tertiary/aromatic N) is 1. The summed E-state index contributed by atoms with van der Waals surface area (Å²) in [5.41, 5.74) is 1.32. The van der Waals surface area contributed by atoms with E-state index in [1.165, 1.54) is 5.56 Å². The van der Waals surface area contributed by atoms with Gasteiger partial charge in [0, 0.05) is 25.7 Å². The molecule has 0 radical (unpaired) electrons. The number of carbonyl (C=O) groups is 1. The fourth-order valence-corrected chi connectivity index (χ4v) is 2.28.